The van der Waals surface area contributed by atoms with Crippen LogP contribution in [0.5, 0.6) is 0 Å². The van der Waals surface area contributed by atoms with Crippen molar-refractivity contribution in [3.05, 3.63) is 0 Å². The highest BCUT2D eigenvalue weighted by molar-refractivity contribution is 4.94. The zero-order chi connectivity index (χ0) is 10.2. The highest BCUT2D eigenvalue weighted by atomic mass is 16.5. The zero-order valence-corrected chi connectivity index (χ0v) is 9.73. The largest absolute Gasteiger partial charge is 0.366 e. The molecule has 1 saturated carbocycles. The van der Waals surface area contributed by atoms with Crippen LogP contribution in [-0.2, 0) is 4.74 Å². The molecule has 1 heterocycles. The highest BCUT2D eigenvalue weighted by Crippen LogP contribution is 2.40. The predicted molar refractivity (Wildman–Crippen MR) is 58.4 cm³/mol. The summed E-state index contributed by atoms with van der Waals surface area (Å²) in [7, 11) is 0. The van der Waals surface area contributed by atoms with Gasteiger partial charge in [0.05, 0.1) is 11.2 Å². The van der Waals surface area contributed by atoms with E-state index in [1.807, 2.05) is 0 Å². The Hall–Kier alpha value is -0.0800. The lowest BCUT2D eigenvalue weighted by atomic mass is 9.92. The van der Waals surface area contributed by atoms with Gasteiger partial charge in [-0.05, 0) is 32.6 Å². The summed E-state index contributed by atoms with van der Waals surface area (Å²) < 4.78 is 6.30. The van der Waals surface area contributed by atoms with Crippen molar-refractivity contribution in [1.29, 1.82) is 0 Å². The van der Waals surface area contributed by atoms with Crippen LogP contribution in [0.2, 0.25) is 0 Å². The molecule has 0 radical (unpaired) electrons. The molecule has 1 aliphatic heterocycles. The number of hydrogen-bond acceptors (Lipinski definition) is 2. The van der Waals surface area contributed by atoms with Crippen molar-refractivity contribution in [3.63, 3.8) is 0 Å². The Balaban J connectivity index is 1.96. The average molecular weight is 197 g/mol. The zero-order valence-electron chi connectivity index (χ0n) is 9.73. The third-order valence-corrected chi connectivity index (χ3v) is 3.66. The summed E-state index contributed by atoms with van der Waals surface area (Å²) in [6, 6.07) is 0. The summed E-state index contributed by atoms with van der Waals surface area (Å²) in [6.07, 6.45) is 5.18. The van der Waals surface area contributed by atoms with E-state index < -0.39 is 0 Å². The van der Waals surface area contributed by atoms with Crippen LogP contribution in [0.15, 0.2) is 0 Å². The second kappa shape index (κ2) is 3.49. The van der Waals surface area contributed by atoms with Crippen molar-refractivity contribution >= 4 is 0 Å². The quantitative estimate of drug-likeness (QED) is 0.750. The van der Waals surface area contributed by atoms with E-state index in [1.54, 1.807) is 0 Å². The molecule has 2 atom stereocenters. The molecule has 0 spiro atoms. The van der Waals surface area contributed by atoms with E-state index in [1.165, 1.54) is 19.3 Å². The normalized spacial score (nSPS) is 43.9. The number of rotatable bonds is 3. The lowest BCUT2D eigenvalue weighted by Gasteiger charge is -2.45. The average Bonchev–Trinajstić information content (AvgIpc) is 2.87. The van der Waals surface area contributed by atoms with Gasteiger partial charge in [0.25, 0.3) is 0 Å². The Morgan fingerprint density at radius 2 is 1.86 bits per heavy atom. The van der Waals surface area contributed by atoms with Crippen LogP contribution in [-0.4, -0.2) is 24.3 Å². The maximum Gasteiger partial charge on any atom is 0.0789 e. The summed E-state index contributed by atoms with van der Waals surface area (Å²) in [4.78, 5) is 0. The van der Waals surface area contributed by atoms with Crippen molar-refractivity contribution in [2.24, 2.45) is 5.92 Å². The Labute approximate surface area is 87.4 Å². The van der Waals surface area contributed by atoms with E-state index in [0.29, 0.717) is 0 Å². The van der Waals surface area contributed by atoms with E-state index in [2.05, 4.69) is 26.1 Å². The van der Waals surface area contributed by atoms with Crippen LogP contribution in [0.4, 0.5) is 0 Å². The predicted octanol–water partition coefficient (Wildman–Crippen LogP) is 2.33. The van der Waals surface area contributed by atoms with Gasteiger partial charge in [0.2, 0.25) is 0 Å². The van der Waals surface area contributed by atoms with Crippen LogP contribution in [0, 0.1) is 5.92 Å². The Morgan fingerprint density at radius 3 is 2.43 bits per heavy atom. The van der Waals surface area contributed by atoms with Crippen molar-refractivity contribution in [1.82, 2.24) is 5.32 Å². The molecule has 2 rings (SSSR count). The minimum atomic E-state index is 0.0574. The van der Waals surface area contributed by atoms with Crippen LogP contribution >= 0.6 is 0 Å². The van der Waals surface area contributed by atoms with E-state index in [4.69, 9.17) is 4.74 Å². The third-order valence-electron chi connectivity index (χ3n) is 3.66. The van der Waals surface area contributed by atoms with Gasteiger partial charge in [0.15, 0.2) is 0 Å². The molecular weight excluding hydrogens is 174 g/mol. The highest BCUT2D eigenvalue weighted by Gasteiger charge is 2.42. The molecule has 14 heavy (non-hydrogen) atoms. The van der Waals surface area contributed by atoms with Crippen LogP contribution in [0.1, 0.15) is 46.5 Å². The lowest BCUT2D eigenvalue weighted by Crippen LogP contribution is -2.57. The maximum absolute atomic E-state index is 6.30. The first-order chi connectivity index (χ1) is 6.55. The van der Waals surface area contributed by atoms with E-state index >= 15 is 0 Å². The van der Waals surface area contributed by atoms with Crippen LogP contribution < -0.4 is 5.32 Å². The summed E-state index contributed by atoms with van der Waals surface area (Å²) >= 11 is 0. The molecule has 2 heteroatoms. The molecule has 1 saturated heterocycles. The van der Waals surface area contributed by atoms with Crippen LogP contribution in [0.3, 0.4) is 0 Å². The van der Waals surface area contributed by atoms with Gasteiger partial charge in [-0.15, -0.1) is 0 Å². The first-order valence-corrected chi connectivity index (χ1v) is 5.96. The molecule has 1 N–H and O–H groups in total. The van der Waals surface area contributed by atoms with Crippen molar-refractivity contribution in [2.45, 2.75) is 57.7 Å². The van der Waals surface area contributed by atoms with Gasteiger partial charge in [-0.3, -0.25) is 0 Å². The first kappa shape index (κ1) is 10.4. The fourth-order valence-corrected chi connectivity index (χ4v) is 2.50. The second-order valence-corrected chi connectivity index (χ2v) is 5.61. The van der Waals surface area contributed by atoms with E-state index in [9.17, 15) is 0 Å². The van der Waals surface area contributed by atoms with E-state index in [0.717, 1.165) is 25.4 Å². The van der Waals surface area contributed by atoms with Gasteiger partial charge in [-0.1, -0.05) is 19.8 Å². The third kappa shape index (κ3) is 2.29. The van der Waals surface area contributed by atoms with Crippen molar-refractivity contribution in [2.75, 3.05) is 13.1 Å². The van der Waals surface area contributed by atoms with Gasteiger partial charge < -0.3 is 10.1 Å². The number of hydrogen-bond donors (Lipinski definition) is 1. The van der Waals surface area contributed by atoms with Gasteiger partial charge in [-0.25, -0.2) is 0 Å². The Bertz CT molecular complexity index is 214. The number of morpholine rings is 1. The molecule has 0 amide bonds. The van der Waals surface area contributed by atoms with Gasteiger partial charge in [-0.2, -0.15) is 0 Å². The van der Waals surface area contributed by atoms with Gasteiger partial charge >= 0.3 is 0 Å². The monoisotopic (exact) mass is 197 g/mol. The standard InChI is InChI=1S/C12H23NO/c1-4-11(2)8-13-9-12(3,14-11)7-10-5-6-10/h10,13H,4-9H2,1-3H3. The summed E-state index contributed by atoms with van der Waals surface area (Å²) in [6.45, 7) is 8.74. The fraction of sp³-hybridized carbons (Fsp3) is 1.00. The summed E-state index contributed by atoms with van der Waals surface area (Å²) in [5.41, 5.74) is 0.145. The number of ether oxygens (including phenoxy) is 1. The van der Waals surface area contributed by atoms with Crippen molar-refractivity contribution < 1.29 is 4.74 Å². The van der Waals surface area contributed by atoms with Gasteiger partial charge in [0.1, 0.15) is 0 Å². The number of nitrogens with one attached hydrogen (secondary N) is 1. The Kier molecular flexibility index (Phi) is 2.61. The first-order valence-electron chi connectivity index (χ1n) is 5.96. The summed E-state index contributed by atoms with van der Waals surface area (Å²) in [5, 5.41) is 3.52. The smallest absolute Gasteiger partial charge is 0.0789 e. The molecule has 2 aliphatic rings. The Morgan fingerprint density at radius 1 is 1.21 bits per heavy atom. The van der Waals surface area contributed by atoms with Gasteiger partial charge in [0, 0.05) is 13.1 Å². The molecule has 1 aliphatic carbocycles. The maximum atomic E-state index is 6.30. The molecule has 0 bridgehead atoms. The van der Waals surface area contributed by atoms with Crippen molar-refractivity contribution in [3.8, 4) is 0 Å². The minimum absolute atomic E-state index is 0.0574. The second-order valence-electron chi connectivity index (χ2n) is 5.61. The topological polar surface area (TPSA) is 21.3 Å². The molecule has 2 nitrogen and oxygen atoms in total. The molecule has 0 aromatic rings. The van der Waals surface area contributed by atoms with Crippen LogP contribution in [0.25, 0.3) is 0 Å². The minimum Gasteiger partial charge on any atom is -0.366 e. The summed E-state index contributed by atoms with van der Waals surface area (Å²) in [5.74, 6) is 0.945. The SMILES string of the molecule is CCC1(C)CNCC(C)(CC2CC2)O1. The lowest BCUT2D eigenvalue weighted by molar-refractivity contribution is -0.167. The molecule has 2 unspecified atom stereocenters. The molecule has 0 aromatic carbocycles. The molecule has 0 aromatic heterocycles. The fourth-order valence-electron chi connectivity index (χ4n) is 2.50. The molecule has 82 valence electrons. The molecule has 2 fully saturated rings. The van der Waals surface area contributed by atoms with E-state index in [-0.39, 0.29) is 11.2 Å². The molecular formula is C12H23NO.